The molecule has 11 heteroatoms. The van der Waals surface area contributed by atoms with Gasteiger partial charge in [-0.05, 0) is 13.3 Å². The van der Waals surface area contributed by atoms with Gasteiger partial charge in [-0.25, -0.2) is 9.36 Å². The fourth-order valence-electron chi connectivity index (χ4n) is 2.99. The molecular weight excluding hydrogens is 353 g/mol. The number of nitrogens with zero attached hydrogens (tertiary/aromatic N) is 2. The van der Waals surface area contributed by atoms with E-state index in [0.717, 1.165) is 7.11 Å². The Bertz CT molecular complexity index is 725. The molecule has 0 aromatic carbocycles. The van der Waals surface area contributed by atoms with Crippen molar-refractivity contribution in [2.45, 2.75) is 51.0 Å². The zero-order chi connectivity index (χ0) is 18.8. The molecule has 1 aliphatic rings. The Balaban J connectivity index is 2.40. The van der Waals surface area contributed by atoms with E-state index < -0.39 is 31.4 Å². The molecule has 1 aromatic rings. The Morgan fingerprint density at radius 3 is 2.84 bits per heavy atom. The normalized spacial score (nSPS) is 28.8. The number of hydrogen-bond donors (Lipinski definition) is 3. The average molecular weight is 377 g/mol. The second-order valence-electron chi connectivity index (χ2n) is 5.94. The topological polar surface area (TPSA) is 146 Å². The molecule has 0 radical (unpaired) electrons. The van der Waals surface area contributed by atoms with Gasteiger partial charge in [-0.15, -0.1) is 0 Å². The number of rotatable bonds is 7. The molecular formula is C14H24N3O7P. The number of ether oxygens (including phenoxy) is 1. The van der Waals surface area contributed by atoms with E-state index in [1.807, 2.05) is 0 Å². The zero-order valence-corrected chi connectivity index (χ0v) is 15.3. The molecule has 1 aliphatic heterocycles. The third-order valence-corrected chi connectivity index (χ3v) is 5.46. The van der Waals surface area contributed by atoms with Crippen LogP contribution in [-0.2, 0) is 18.3 Å². The first kappa shape index (κ1) is 20.0. The van der Waals surface area contributed by atoms with Crippen LogP contribution in [-0.4, -0.2) is 45.0 Å². The summed E-state index contributed by atoms with van der Waals surface area (Å²) in [6, 6.07) is 0. The molecule has 2 unspecified atom stereocenters. The van der Waals surface area contributed by atoms with Crippen LogP contribution in [0.2, 0.25) is 0 Å². The second-order valence-corrected chi connectivity index (χ2v) is 7.46. The van der Waals surface area contributed by atoms with Crippen LogP contribution in [0.4, 0.5) is 5.82 Å². The summed E-state index contributed by atoms with van der Waals surface area (Å²) in [5, 5.41) is 9.39. The van der Waals surface area contributed by atoms with Gasteiger partial charge in [-0.1, -0.05) is 6.92 Å². The van der Waals surface area contributed by atoms with Crippen LogP contribution in [0.5, 0.6) is 0 Å². The first-order chi connectivity index (χ1) is 11.7. The quantitative estimate of drug-likeness (QED) is 0.585. The largest absolute Gasteiger partial charge is 0.472 e. The third kappa shape index (κ3) is 4.11. The smallest absolute Gasteiger partial charge is 0.396 e. The number of aliphatic hydroxyl groups excluding tert-OH is 1. The maximum absolute atomic E-state index is 12.2. The van der Waals surface area contributed by atoms with Gasteiger partial charge in [-0.2, -0.15) is 4.98 Å². The number of phosphoric ester groups is 1. The van der Waals surface area contributed by atoms with E-state index in [4.69, 9.17) is 15.0 Å². The number of aryl methyl sites for hydroxylation is 1. The monoisotopic (exact) mass is 377 g/mol. The van der Waals surface area contributed by atoms with Crippen molar-refractivity contribution in [3.63, 3.8) is 0 Å². The lowest BCUT2D eigenvalue weighted by Gasteiger charge is -2.33. The fraction of sp³-hybridized carbons (Fsp3) is 0.714. The van der Waals surface area contributed by atoms with E-state index in [2.05, 4.69) is 9.51 Å². The molecule has 0 saturated carbocycles. The highest BCUT2D eigenvalue weighted by Crippen LogP contribution is 2.52. The highest BCUT2D eigenvalue weighted by Gasteiger charge is 2.51. The highest BCUT2D eigenvalue weighted by atomic mass is 31.2. The zero-order valence-electron chi connectivity index (χ0n) is 14.4. The van der Waals surface area contributed by atoms with E-state index in [1.54, 1.807) is 13.8 Å². The Morgan fingerprint density at radius 2 is 2.28 bits per heavy atom. The van der Waals surface area contributed by atoms with Crippen molar-refractivity contribution >= 4 is 13.6 Å². The lowest BCUT2D eigenvalue weighted by atomic mass is 9.90. The number of nitrogen functional groups attached to an aromatic ring is 1. The predicted molar refractivity (Wildman–Crippen MR) is 88.8 cm³/mol. The predicted octanol–water partition coefficient (Wildman–Crippen LogP) is 0.716. The average Bonchev–Trinajstić information content (AvgIpc) is 2.89. The van der Waals surface area contributed by atoms with Crippen LogP contribution in [0, 0.1) is 6.92 Å². The van der Waals surface area contributed by atoms with Gasteiger partial charge < -0.3 is 20.5 Å². The molecule has 1 fully saturated rings. The highest BCUT2D eigenvalue weighted by molar-refractivity contribution is 7.47. The van der Waals surface area contributed by atoms with E-state index >= 15 is 0 Å². The van der Waals surface area contributed by atoms with Gasteiger partial charge in [0.25, 0.3) is 0 Å². The van der Waals surface area contributed by atoms with Crippen molar-refractivity contribution in [1.29, 1.82) is 0 Å². The minimum atomic E-state index is -4.27. The van der Waals surface area contributed by atoms with E-state index in [0.29, 0.717) is 12.0 Å². The number of phosphoric acid groups is 1. The van der Waals surface area contributed by atoms with Crippen LogP contribution >= 0.6 is 7.82 Å². The molecule has 0 aliphatic carbocycles. The van der Waals surface area contributed by atoms with Crippen LogP contribution in [0.3, 0.4) is 0 Å². The minimum Gasteiger partial charge on any atom is -0.396 e. The lowest BCUT2D eigenvalue weighted by Crippen LogP contribution is -2.41. The van der Waals surface area contributed by atoms with Gasteiger partial charge in [0, 0.05) is 38.3 Å². The van der Waals surface area contributed by atoms with Crippen molar-refractivity contribution in [1.82, 2.24) is 9.55 Å². The summed E-state index contributed by atoms with van der Waals surface area (Å²) in [6.45, 7) is 3.30. The molecule has 142 valence electrons. The van der Waals surface area contributed by atoms with Crippen LogP contribution in [0.25, 0.3) is 0 Å². The van der Waals surface area contributed by atoms with Gasteiger partial charge >= 0.3 is 13.5 Å². The van der Waals surface area contributed by atoms with E-state index in [9.17, 15) is 19.4 Å². The summed E-state index contributed by atoms with van der Waals surface area (Å²) in [5.41, 5.74) is 4.60. The van der Waals surface area contributed by atoms with E-state index in [1.165, 1.54) is 10.8 Å². The van der Waals surface area contributed by atoms with Crippen molar-refractivity contribution in [3.8, 4) is 0 Å². The van der Waals surface area contributed by atoms with Crippen molar-refractivity contribution in [2.24, 2.45) is 0 Å². The number of hydrogen-bond acceptors (Lipinski definition) is 8. The van der Waals surface area contributed by atoms with Crippen LogP contribution in [0.1, 0.15) is 38.0 Å². The molecule has 10 nitrogen and oxygen atoms in total. The van der Waals surface area contributed by atoms with Crippen LogP contribution in [0.15, 0.2) is 11.0 Å². The molecule has 0 spiro atoms. The number of aromatic nitrogens is 2. The molecule has 0 bridgehead atoms. The van der Waals surface area contributed by atoms with Gasteiger partial charge in [0.2, 0.25) is 0 Å². The molecule has 1 aromatic heterocycles. The molecule has 0 amide bonds. The second kappa shape index (κ2) is 7.53. The number of aliphatic hydroxyl groups is 1. The summed E-state index contributed by atoms with van der Waals surface area (Å²) in [4.78, 5) is 25.6. The lowest BCUT2D eigenvalue weighted by molar-refractivity contribution is -0.114. The summed E-state index contributed by atoms with van der Waals surface area (Å²) < 4.78 is 28.9. The summed E-state index contributed by atoms with van der Waals surface area (Å²) in [5.74, 6) is 0.128. The maximum atomic E-state index is 12.2. The molecule has 25 heavy (non-hydrogen) atoms. The molecule has 1 saturated heterocycles. The Kier molecular flexibility index (Phi) is 6.03. The van der Waals surface area contributed by atoms with Gasteiger partial charge in [-0.3, -0.25) is 13.6 Å². The summed E-state index contributed by atoms with van der Waals surface area (Å²) in [7, 11) is -3.21. The SMILES string of the molecule is CCC1(CCO)O[C@@H](n2cc(C)c(N)nc2=O)C[C@H]1OP(=O)(O)OC. The summed E-state index contributed by atoms with van der Waals surface area (Å²) in [6.07, 6.45) is 0.584. The Morgan fingerprint density at radius 1 is 1.60 bits per heavy atom. The fourth-order valence-corrected chi connectivity index (χ4v) is 3.67. The molecule has 2 heterocycles. The van der Waals surface area contributed by atoms with Gasteiger partial charge in [0.15, 0.2) is 0 Å². The Hall–Kier alpha value is -1.29. The number of nitrogens with two attached hydrogens (primary N) is 1. The molecule has 2 rings (SSSR count). The number of anilines is 1. The maximum Gasteiger partial charge on any atom is 0.472 e. The first-order valence-electron chi connectivity index (χ1n) is 7.89. The van der Waals surface area contributed by atoms with E-state index in [-0.39, 0.29) is 25.3 Å². The van der Waals surface area contributed by atoms with Crippen molar-refractivity contribution in [2.75, 3.05) is 19.5 Å². The minimum absolute atomic E-state index is 0.118. The first-order valence-corrected chi connectivity index (χ1v) is 9.38. The van der Waals surface area contributed by atoms with Crippen LogP contribution < -0.4 is 11.4 Å². The molecule has 4 atom stereocenters. The third-order valence-electron chi connectivity index (χ3n) is 4.48. The Labute approximate surface area is 145 Å². The molecule has 4 N–H and O–H groups in total. The summed E-state index contributed by atoms with van der Waals surface area (Å²) >= 11 is 0. The van der Waals surface area contributed by atoms with Gasteiger partial charge in [0.1, 0.15) is 18.1 Å². The van der Waals surface area contributed by atoms with Crippen molar-refractivity contribution < 1.29 is 28.3 Å². The van der Waals surface area contributed by atoms with Crippen molar-refractivity contribution in [3.05, 3.63) is 22.2 Å². The van der Waals surface area contributed by atoms with Gasteiger partial charge in [0.05, 0.1) is 5.60 Å². The standard InChI is InChI=1S/C14H24N3O7P/c1-4-14(5-6-18)10(24-25(20,21)22-3)7-11(23-14)17-8-9(2)12(15)16-13(17)19/h8,10-11,18H,4-7H2,1-3H3,(H,20,21)(H2,15,16,19)/t10-,11-,14?/m1/s1.